The number of hydrogen-bond acceptors (Lipinski definition) is 8. The molecule has 4 aromatic heterocycles. The molecule has 8 rings (SSSR count). The van der Waals surface area contributed by atoms with Gasteiger partial charge in [-0.25, -0.2) is 15.0 Å². The first-order valence-corrected chi connectivity index (χ1v) is 19.1. The van der Waals surface area contributed by atoms with Crippen molar-refractivity contribution in [3.8, 4) is 22.3 Å². The summed E-state index contributed by atoms with van der Waals surface area (Å²) >= 11 is 11.2. The summed E-state index contributed by atoms with van der Waals surface area (Å²) < 4.78 is 1.83. The van der Waals surface area contributed by atoms with Gasteiger partial charge in [0.05, 0.1) is 17.3 Å². The fourth-order valence-corrected chi connectivity index (χ4v) is 9.68. The minimum absolute atomic E-state index is 0.0676. The zero-order chi connectivity index (χ0) is 32.5. The van der Waals surface area contributed by atoms with E-state index in [0.29, 0.717) is 39.9 Å². The maximum Gasteiger partial charge on any atom is 0.263 e. The number of likely N-dealkylation sites (tertiary alicyclic amines) is 1. The fourth-order valence-electron chi connectivity index (χ4n) is 6.37. The second kappa shape index (κ2) is 13.9. The highest BCUT2D eigenvalue weighted by Crippen LogP contribution is 2.42. The molecule has 0 saturated carbocycles. The van der Waals surface area contributed by atoms with Crippen molar-refractivity contribution in [2.24, 2.45) is 0 Å². The van der Waals surface area contributed by atoms with Crippen LogP contribution in [0.15, 0.2) is 111 Å². The summed E-state index contributed by atoms with van der Waals surface area (Å²) in [4.78, 5) is 34.2. The number of aryl methyl sites for hydroxylation is 1. The third kappa shape index (κ3) is 6.33. The van der Waals surface area contributed by atoms with Crippen LogP contribution in [0.25, 0.3) is 42.7 Å². The van der Waals surface area contributed by atoms with Crippen LogP contribution < -0.4 is 5.56 Å². The predicted octanol–water partition coefficient (Wildman–Crippen LogP) is 9.83. The molecule has 6 nitrogen and oxygen atoms in total. The zero-order valence-corrected chi connectivity index (χ0v) is 29.3. The number of halogens is 1. The molecule has 7 aromatic rings. The third-order valence-electron chi connectivity index (χ3n) is 8.82. The Balaban J connectivity index is 1.28. The Labute approximate surface area is 296 Å². The second-order valence-corrected chi connectivity index (χ2v) is 15.1. The van der Waals surface area contributed by atoms with Gasteiger partial charge in [0.15, 0.2) is 5.16 Å². The summed E-state index contributed by atoms with van der Waals surface area (Å²) in [6, 6.07) is 28.3. The van der Waals surface area contributed by atoms with Gasteiger partial charge in [0.2, 0.25) is 0 Å². The maximum absolute atomic E-state index is 14.6. The van der Waals surface area contributed by atoms with Gasteiger partial charge in [0.1, 0.15) is 20.5 Å². The first-order valence-electron chi connectivity index (χ1n) is 16.2. The highest BCUT2D eigenvalue weighted by Gasteiger charge is 2.23. The van der Waals surface area contributed by atoms with Gasteiger partial charge in [-0.3, -0.25) is 14.3 Å². The van der Waals surface area contributed by atoms with Crippen LogP contribution in [0.4, 0.5) is 0 Å². The molecule has 1 aliphatic heterocycles. The molecule has 48 heavy (non-hydrogen) atoms. The SMILES string of the molecule is O=c1c2c(-c3ccccc3Cl)csc2nc(Sc2nc(CN3CCCCC3)nc3scc(-c4ccccc4)c23)n1CCc1ccccc1. The Hall–Kier alpha value is -3.86. The molecule has 0 atom stereocenters. The molecule has 0 bridgehead atoms. The maximum atomic E-state index is 14.6. The number of fused-ring (bicyclic) bond motifs is 2. The molecule has 0 aliphatic carbocycles. The van der Waals surface area contributed by atoms with E-state index in [4.69, 9.17) is 26.6 Å². The Morgan fingerprint density at radius 3 is 2.19 bits per heavy atom. The van der Waals surface area contributed by atoms with Gasteiger partial charge in [-0.05, 0) is 61.3 Å². The minimum atomic E-state index is -0.0676. The summed E-state index contributed by atoms with van der Waals surface area (Å²) in [6.45, 7) is 3.32. The van der Waals surface area contributed by atoms with Crippen molar-refractivity contribution in [1.29, 1.82) is 0 Å². The third-order valence-corrected chi connectivity index (χ3v) is 11.9. The number of thiophene rings is 2. The van der Waals surface area contributed by atoms with E-state index in [0.717, 1.165) is 62.0 Å². The number of benzene rings is 3. The van der Waals surface area contributed by atoms with Crippen LogP contribution >= 0.6 is 46.0 Å². The van der Waals surface area contributed by atoms with E-state index in [9.17, 15) is 4.79 Å². The van der Waals surface area contributed by atoms with E-state index in [1.807, 2.05) is 58.5 Å². The Morgan fingerprint density at radius 2 is 1.42 bits per heavy atom. The van der Waals surface area contributed by atoms with Gasteiger partial charge in [-0.2, -0.15) is 0 Å². The van der Waals surface area contributed by atoms with E-state index < -0.39 is 0 Å². The van der Waals surface area contributed by atoms with Crippen LogP contribution in [-0.2, 0) is 19.5 Å². The lowest BCUT2D eigenvalue weighted by atomic mass is 10.1. The molecule has 10 heteroatoms. The lowest BCUT2D eigenvalue weighted by Crippen LogP contribution is -2.30. The Kier molecular flexibility index (Phi) is 9.12. The Bertz CT molecular complexity index is 2280. The quantitative estimate of drug-likeness (QED) is 0.110. The highest BCUT2D eigenvalue weighted by molar-refractivity contribution is 7.99. The molecule has 0 amide bonds. The molecule has 0 spiro atoms. The summed E-state index contributed by atoms with van der Waals surface area (Å²) in [6.07, 6.45) is 4.38. The average Bonchev–Trinajstić information content (AvgIpc) is 3.75. The van der Waals surface area contributed by atoms with Crippen molar-refractivity contribution in [3.05, 3.63) is 122 Å². The van der Waals surface area contributed by atoms with Gasteiger partial charge in [-0.15, -0.1) is 22.7 Å². The van der Waals surface area contributed by atoms with Crippen molar-refractivity contribution >= 4 is 66.5 Å². The zero-order valence-electron chi connectivity index (χ0n) is 26.1. The van der Waals surface area contributed by atoms with Crippen LogP contribution in [0, 0.1) is 0 Å². The van der Waals surface area contributed by atoms with Crippen molar-refractivity contribution in [2.75, 3.05) is 13.1 Å². The van der Waals surface area contributed by atoms with Gasteiger partial charge in [0.25, 0.3) is 5.56 Å². The standard InChI is InChI=1S/C38H32ClN5OS3/c39-30-17-9-8-16-27(30)29-24-47-35-33(29)37(45)44(21-18-25-12-4-1-5-13-25)38(42-35)48-36-32-28(26-14-6-2-7-15-26)23-46-34(32)40-31(41-36)22-43-19-10-3-11-20-43/h1-2,4-9,12-17,23-24H,3,10-11,18-22H2. The van der Waals surface area contributed by atoms with Crippen molar-refractivity contribution in [3.63, 3.8) is 0 Å². The number of nitrogens with zero attached hydrogens (tertiary/aromatic N) is 5. The molecule has 1 aliphatic rings. The lowest BCUT2D eigenvalue weighted by molar-refractivity contribution is 0.216. The number of piperidine rings is 1. The first kappa shape index (κ1) is 31.4. The average molecular weight is 706 g/mol. The Morgan fingerprint density at radius 1 is 0.729 bits per heavy atom. The second-order valence-electron chi connectivity index (χ2n) is 12.0. The molecule has 1 saturated heterocycles. The minimum Gasteiger partial charge on any atom is -0.296 e. The monoisotopic (exact) mass is 705 g/mol. The van der Waals surface area contributed by atoms with Crippen molar-refractivity contribution in [2.45, 2.75) is 49.0 Å². The molecule has 0 N–H and O–H groups in total. The van der Waals surface area contributed by atoms with Crippen LogP contribution in [0.3, 0.4) is 0 Å². The van der Waals surface area contributed by atoms with Crippen LogP contribution in [0.5, 0.6) is 0 Å². The molecular weight excluding hydrogens is 674 g/mol. The van der Waals surface area contributed by atoms with Crippen LogP contribution in [0.2, 0.25) is 5.02 Å². The lowest BCUT2D eigenvalue weighted by Gasteiger charge is -2.25. The van der Waals surface area contributed by atoms with Crippen molar-refractivity contribution in [1.82, 2.24) is 24.4 Å². The summed E-state index contributed by atoms with van der Waals surface area (Å²) in [7, 11) is 0. The van der Waals surface area contributed by atoms with Gasteiger partial charge >= 0.3 is 0 Å². The number of hydrogen-bond donors (Lipinski definition) is 0. The molecule has 5 heterocycles. The van der Waals surface area contributed by atoms with Crippen LogP contribution in [0.1, 0.15) is 30.7 Å². The first-order chi connectivity index (χ1) is 23.6. The fraction of sp³-hybridized carbons (Fsp3) is 0.211. The molecule has 0 radical (unpaired) electrons. The van der Waals surface area contributed by atoms with E-state index in [-0.39, 0.29) is 5.56 Å². The van der Waals surface area contributed by atoms with Gasteiger partial charge in [-0.1, -0.05) is 96.9 Å². The predicted molar refractivity (Wildman–Crippen MR) is 201 cm³/mol. The number of aromatic nitrogens is 4. The largest absolute Gasteiger partial charge is 0.296 e. The van der Waals surface area contributed by atoms with Crippen molar-refractivity contribution < 1.29 is 0 Å². The molecule has 240 valence electrons. The molecule has 3 aromatic carbocycles. The van der Waals surface area contributed by atoms with Crippen LogP contribution in [-0.4, -0.2) is 37.5 Å². The molecular formula is C38H32ClN5OS3. The van der Waals surface area contributed by atoms with E-state index in [2.05, 4.69) is 46.7 Å². The molecule has 1 fully saturated rings. The van der Waals surface area contributed by atoms with E-state index in [1.54, 1.807) is 11.3 Å². The summed E-state index contributed by atoms with van der Waals surface area (Å²) in [5.74, 6) is 0.810. The van der Waals surface area contributed by atoms with E-state index in [1.165, 1.54) is 42.4 Å². The van der Waals surface area contributed by atoms with Gasteiger partial charge < -0.3 is 0 Å². The summed E-state index contributed by atoms with van der Waals surface area (Å²) in [5.41, 5.74) is 4.96. The highest BCUT2D eigenvalue weighted by atomic mass is 35.5. The normalized spacial score (nSPS) is 13.9. The topological polar surface area (TPSA) is 63.9 Å². The number of rotatable bonds is 9. The van der Waals surface area contributed by atoms with E-state index >= 15 is 0 Å². The summed E-state index contributed by atoms with van der Waals surface area (Å²) in [5, 5.41) is 7.86. The van der Waals surface area contributed by atoms with Gasteiger partial charge in [0, 0.05) is 39.0 Å². The smallest absolute Gasteiger partial charge is 0.263 e. The molecule has 0 unspecified atom stereocenters.